The zero-order valence-electron chi connectivity index (χ0n) is 12.3. The molecule has 1 atom stereocenters. The Balaban J connectivity index is 0. The maximum atomic E-state index is 11.6. The van der Waals surface area contributed by atoms with Crippen LogP contribution in [0, 0.1) is 12.3 Å². The average molecular weight is 294 g/mol. The van der Waals surface area contributed by atoms with Crippen LogP contribution < -0.4 is 0 Å². The summed E-state index contributed by atoms with van der Waals surface area (Å²) in [6.45, 7) is 17.2. The molecule has 17 heavy (non-hydrogen) atoms. The van der Waals surface area contributed by atoms with Gasteiger partial charge < -0.3 is 16.6 Å². The van der Waals surface area contributed by atoms with Crippen molar-refractivity contribution in [3.63, 3.8) is 0 Å². The van der Waals surface area contributed by atoms with E-state index in [1.807, 2.05) is 34.6 Å². The molecule has 0 radical (unpaired) electrons. The number of carbonyl (C=O) groups excluding carboxylic acids is 1. The summed E-state index contributed by atoms with van der Waals surface area (Å²) >= 11 is 0. The molecular weight excluding hydrogens is 268 g/mol. The first-order valence-corrected chi connectivity index (χ1v) is 6.03. The quantitative estimate of drug-likeness (QED) is 0.505. The summed E-state index contributed by atoms with van der Waals surface area (Å²) in [5.74, 6) is 0. The minimum absolute atomic E-state index is 0. The number of carbonyl (C=O) groups is 1. The molecule has 96 valence electrons. The van der Waals surface area contributed by atoms with Crippen LogP contribution in [0.15, 0.2) is 0 Å². The van der Waals surface area contributed by atoms with Crippen LogP contribution in [0.5, 0.6) is 0 Å². The van der Waals surface area contributed by atoms with E-state index in [4.69, 9.17) is 4.74 Å². The molecule has 0 saturated carbocycles. The van der Waals surface area contributed by atoms with Gasteiger partial charge in [-0.3, -0.25) is 0 Å². The summed E-state index contributed by atoms with van der Waals surface area (Å²) in [6.07, 6.45) is 0.733. The van der Waals surface area contributed by atoms with Crippen LogP contribution in [-0.2, 0) is 24.2 Å². The summed E-state index contributed by atoms with van der Waals surface area (Å²) < 4.78 is 5.27. The van der Waals surface area contributed by atoms with Crippen molar-refractivity contribution in [1.29, 1.82) is 0 Å². The summed E-state index contributed by atoms with van der Waals surface area (Å²) in [5, 5.41) is 0. The molecule has 1 fully saturated rings. The average Bonchev–Trinajstić information content (AvgIpc) is 2.47. The maximum Gasteiger partial charge on any atom is 2.00 e. The van der Waals surface area contributed by atoms with Crippen LogP contribution in [0.4, 0.5) is 4.79 Å². The van der Waals surface area contributed by atoms with Crippen LogP contribution in [0.2, 0.25) is 0 Å². The van der Waals surface area contributed by atoms with Gasteiger partial charge in [-0.2, -0.15) is 0 Å². The second kappa shape index (κ2) is 7.35. The topological polar surface area (TPSA) is 29.5 Å². The second-order valence-corrected chi connectivity index (χ2v) is 5.46. The summed E-state index contributed by atoms with van der Waals surface area (Å²) in [4.78, 5) is 13.4. The van der Waals surface area contributed by atoms with Crippen molar-refractivity contribution in [2.24, 2.45) is 5.41 Å². The van der Waals surface area contributed by atoms with Gasteiger partial charge in [-0.05, 0) is 20.8 Å². The standard InChI is InChI=1S/C11H20NO2.C2H6.Zn/c1-10(2,3)14-9(13)12-7-6-11(4,5)8-12;1-2;/h4,6-8H2,1-3,5H3;1-2H3;/q-1;;+2. The largest absolute Gasteiger partial charge is 2.00 e. The van der Waals surface area contributed by atoms with Crippen molar-refractivity contribution in [1.82, 2.24) is 4.90 Å². The van der Waals surface area contributed by atoms with Crippen molar-refractivity contribution in [2.45, 2.75) is 53.6 Å². The SMILES string of the molecule is CC.[CH2-]C1(C)CCN(C(=O)OC(C)(C)C)C1.[Zn+2]. The molecule has 1 amide bonds. The van der Waals surface area contributed by atoms with E-state index < -0.39 is 5.60 Å². The Hall–Kier alpha value is -0.107. The van der Waals surface area contributed by atoms with E-state index in [0.29, 0.717) is 6.54 Å². The van der Waals surface area contributed by atoms with E-state index in [1.54, 1.807) is 4.90 Å². The van der Waals surface area contributed by atoms with Gasteiger partial charge in [0, 0.05) is 13.1 Å². The fourth-order valence-corrected chi connectivity index (χ4v) is 1.51. The van der Waals surface area contributed by atoms with Gasteiger partial charge in [0.1, 0.15) is 5.60 Å². The zero-order chi connectivity index (χ0) is 13.0. The number of hydrogen-bond donors (Lipinski definition) is 0. The van der Waals surface area contributed by atoms with Crippen molar-refractivity contribution in [2.75, 3.05) is 13.1 Å². The Kier molecular flexibility index (Phi) is 8.32. The molecule has 1 rings (SSSR count). The van der Waals surface area contributed by atoms with Gasteiger partial charge in [0.2, 0.25) is 0 Å². The van der Waals surface area contributed by atoms with E-state index in [0.717, 1.165) is 13.0 Å². The molecule has 1 aliphatic heterocycles. The normalized spacial score (nSPS) is 23.4. The Morgan fingerprint density at radius 1 is 1.35 bits per heavy atom. The molecule has 1 heterocycles. The second-order valence-electron chi connectivity index (χ2n) is 5.46. The molecule has 1 aliphatic rings. The van der Waals surface area contributed by atoms with E-state index in [2.05, 4.69) is 13.8 Å². The molecule has 1 saturated heterocycles. The number of nitrogens with zero attached hydrogens (tertiary/aromatic N) is 1. The third kappa shape index (κ3) is 7.75. The van der Waals surface area contributed by atoms with E-state index >= 15 is 0 Å². The van der Waals surface area contributed by atoms with Gasteiger partial charge in [-0.15, -0.1) is 5.41 Å². The van der Waals surface area contributed by atoms with Gasteiger partial charge in [0.15, 0.2) is 0 Å². The van der Waals surface area contributed by atoms with Crippen LogP contribution in [0.1, 0.15) is 48.0 Å². The Morgan fingerprint density at radius 3 is 2.12 bits per heavy atom. The van der Waals surface area contributed by atoms with Crippen molar-refractivity contribution < 1.29 is 29.0 Å². The van der Waals surface area contributed by atoms with E-state index in [1.165, 1.54) is 0 Å². The smallest absolute Gasteiger partial charge is 0.444 e. The molecule has 0 aliphatic carbocycles. The number of likely N-dealkylation sites (tertiary alicyclic amines) is 1. The van der Waals surface area contributed by atoms with Crippen LogP contribution in [0.25, 0.3) is 0 Å². The third-order valence-corrected chi connectivity index (χ3v) is 2.21. The van der Waals surface area contributed by atoms with Gasteiger partial charge in [0.05, 0.1) is 0 Å². The van der Waals surface area contributed by atoms with Crippen LogP contribution in [-0.4, -0.2) is 29.7 Å². The first-order valence-electron chi connectivity index (χ1n) is 6.03. The predicted octanol–water partition coefficient (Wildman–Crippen LogP) is 3.49. The molecule has 0 aromatic rings. The van der Waals surface area contributed by atoms with Crippen molar-refractivity contribution in [3.8, 4) is 0 Å². The molecule has 0 N–H and O–H groups in total. The number of hydrogen-bond acceptors (Lipinski definition) is 2. The molecule has 4 heteroatoms. The van der Waals surface area contributed by atoms with Gasteiger partial charge in [0.25, 0.3) is 0 Å². The molecule has 0 spiro atoms. The monoisotopic (exact) mass is 292 g/mol. The van der Waals surface area contributed by atoms with E-state index in [9.17, 15) is 4.79 Å². The summed E-state index contributed by atoms with van der Waals surface area (Å²) in [7, 11) is 0. The fourth-order valence-electron chi connectivity index (χ4n) is 1.51. The number of ether oxygens (including phenoxy) is 1. The third-order valence-electron chi connectivity index (χ3n) is 2.21. The van der Waals surface area contributed by atoms with Crippen molar-refractivity contribution >= 4 is 6.09 Å². The minimum Gasteiger partial charge on any atom is -0.444 e. The fraction of sp³-hybridized carbons (Fsp3) is 0.846. The molecular formula is C13H26NO2Zn+. The van der Waals surface area contributed by atoms with Crippen molar-refractivity contribution in [3.05, 3.63) is 6.92 Å². The molecule has 0 aromatic carbocycles. The maximum absolute atomic E-state index is 11.6. The molecule has 3 nitrogen and oxygen atoms in total. The Morgan fingerprint density at radius 2 is 1.82 bits per heavy atom. The van der Waals surface area contributed by atoms with Gasteiger partial charge in [-0.1, -0.05) is 27.2 Å². The van der Waals surface area contributed by atoms with Gasteiger partial charge >= 0.3 is 25.6 Å². The van der Waals surface area contributed by atoms with Gasteiger partial charge in [-0.25, -0.2) is 4.79 Å². The Labute approximate surface area is 119 Å². The summed E-state index contributed by atoms with van der Waals surface area (Å²) in [6, 6.07) is 0. The van der Waals surface area contributed by atoms with Crippen LogP contribution >= 0.6 is 0 Å². The number of amides is 1. The Bertz CT molecular complexity index is 234. The number of rotatable bonds is 0. The zero-order valence-corrected chi connectivity index (χ0v) is 15.3. The minimum atomic E-state index is -0.406. The van der Waals surface area contributed by atoms with E-state index in [-0.39, 0.29) is 31.0 Å². The van der Waals surface area contributed by atoms with Crippen LogP contribution in [0.3, 0.4) is 0 Å². The molecule has 0 aromatic heterocycles. The first kappa shape index (κ1) is 19.2. The predicted molar refractivity (Wildman–Crippen MR) is 67.2 cm³/mol. The molecule has 0 bridgehead atoms. The molecule has 1 unspecified atom stereocenters. The first-order chi connectivity index (χ1) is 7.20. The summed E-state index contributed by atoms with van der Waals surface area (Å²) in [5.41, 5.74) is -0.409.